The molecule has 0 N–H and O–H groups in total. The lowest BCUT2D eigenvalue weighted by atomic mass is 10.1. The number of aromatic nitrogens is 5. The van der Waals surface area contributed by atoms with Gasteiger partial charge in [-0.25, -0.2) is 23.7 Å². The molecular formula is C14H7F5IN5. The Labute approximate surface area is 151 Å². The van der Waals surface area contributed by atoms with Gasteiger partial charge < -0.3 is 0 Å². The van der Waals surface area contributed by atoms with Gasteiger partial charge in [-0.3, -0.25) is 9.55 Å². The molecule has 3 aromatic heterocycles. The first kappa shape index (κ1) is 17.6. The van der Waals surface area contributed by atoms with E-state index in [1.807, 2.05) is 22.6 Å². The van der Waals surface area contributed by atoms with E-state index in [1.165, 1.54) is 17.1 Å². The van der Waals surface area contributed by atoms with Crippen molar-refractivity contribution in [2.45, 2.75) is 12.6 Å². The van der Waals surface area contributed by atoms with E-state index in [4.69, 9.17) is 0 Å². The van der Waals surface area contributed by atoms with Gasteiger partial charge in [0.05, 0.1) is 5.69 Å². The second-order valence-corrected chi connectivity index (χ2v) is 5.92. The van der Waals surface area contributed by atoms with Crippen LogP contribution in [0.2, 0.25) is 0 Å². The van der Waals surface area contributed by atoms with E-state index in [-0.39, 0.29) is 17.2 Å². The molecule has 0 saturated heterocycles. The second kappa shape index (κ2) is 6.61. The molecule has 25 heavy (non-hydrogen) atoms. The minimum atomic E-state index is -4.59. The van der Waals surface area contributed by atoms with Crippen molar-refractivity contribution in [2.75, 3.05) is 0 Å². The molecule has 0 unspecified atom stereocenters. The summed E-state index contributed by atoms with van der Waals surface area (Å²) in [4.78, 5) is 15.1. The number of pyridine rings is 1. The van der Waals surface area contributed by atoms with Gasteiger partial charge in [0.15, 0.2) is 0 Å². The molecule has 0 aliphatic carbocycles. The fourth-order valence-electron chi connectivity index (χ4n) is 1.95. The van der Waals surface area contributed by atoms with Crippen molar-refractivity contribution in [3.05, 3.63) is 52.0 Å². The van der Waals surface area contributed by atoms with E-state index < -0.39 is 24.0 Å². The van der Waals surface area contributed by atoms with Gasteiger partial charge in [0.1, 0.15) is 21.4 Å². The maximum Gasteiger partial charge on any atom is 0.433 e. The molecule has 0 saturated carbocycles. The van der Waals surface area contributed by atoms with Gasteiger partial charge in [0.25, 0.3) is 6.43 Å². The van der Waals surface area contributed by atoms with Gasteiger partial charge in [-0.05, 0) is 40.8 Å². The van der Waals surface area contributed by atoms with Crippen molar-refractivity contribution < 1.29 is 22.0 Å². The van der Waals surface area contributed by atoms with E-state index in [1.54, 1.807) is 0 Å². The standard InChI is InChI=1S/C14H7F5IN5/c15-12(16)9-3-8(7-1-2-10(21-4-7)14(17,18)19)23-13(24-9)25-5-11(20)22-6-25/h1-6,12H. The summed E-state index contributed by atoms with van der Waals surface area (Å²) >= 11 is 1.93. The van der Waals surface area contributed by atoms with E-state index in [0.29, 0.717) is 3.70 Å². The highest BCUT2D eigenvalue weighted by Gasteiger charge is 2.32. The number of imidazole rings is 1. The predicted molar refractivity (Wildman–Crippen MR) is 85.1 cm³/mol. The minimum absolute atomic E-state index is 0.0326. The Morgan fingerprint density at radius 1 is 1.08 bits per heavy atom. The molecule has 0 amide bonds. The van der Waals surface area contributed by atoms with Crippen molar-refractivity contribution in [3.8, 4) is 17.2 Å². The SMILES string of the molecule is FC(F)c1cc(-c2ccc(C(F)(F)F)nc2)nc(-n2cnc(I)c2)n1. The Kier molecular flexibility index (Phi) is 4.67. The molecule has 11 heteroatoms. The van der Waals surface area contributed by atoms with Crippen LogP contribution in [0.3, 0.4) is 0 Å². The fraction of sp³-hybridized carbons (Fsp3) is 0.143. The van der Waals surface area contributed by atoms with Crippen LogP contribution in [0.1, 0.15) is 17.8 Å². The fourth-order valence-corrected chi connectivity index (χ4v) is 2.37. The summed E-state index contributed by atoms with van der Waals surface area (Å²) in [5, 5.41) is 0. The minimum Gasteiger partial charge on any atom is -0.273 e. The molecular weight excluding hydrogens is 460 g/mol. The Hall–Kier alpha value is -2.18. The molecule has 0 aliphatic heterocycles. The number of alkyl halides is 5. The lowest BCUT2D eigenvalue weighted by Gasteiger charge is -2.09. The lowest BCUT2D eigenvalue weighted by molar-refractivity contribution is -0.141. The van der Waals surface area contributed by atoms with Crippen molar-refractivity contribution in [1.29, 1.82) is 0 Å². The molecule has 0 aliphatic rings. The topological polar surface area (TPSA) is 56.5 Å². The largest absolute Gasteiger partial charge is 0.433 e. The van der Waals surface area contributed by atoms with Gasteiger partial charge in [0.2, 0.25) is 5.95 Å². The Bertz CT molecular complexity index is 891. The molecule has 3 heterocycles. The van der Waals surface area contributed by atoms with Gasteiger partial charge in [-0.15, -0.1) is 0 Å². The van der Waals surface area contributed by atoms with E-state index in [2.05, 4.69) is 19.9 Å². The van der Waals surface area contributed by atoms with Crippen molar-refractivity contribution in [3.63, 3.8) is 0 Å². The van der Waals surface area contributed by atoms with E-state index in [9.17, 15) is 22.0 Å². The molecule has 0 fully saturated rings. The monoisotopic (exact) mass is 467 g/mol. The zero-order valence-electron chi connectivity index (χ0n) is 12.0. The van der Waals surface area contributed by atoms with Crippen LogP contribution in [0.5, 0.6) is 0 Å². The van der Waals surface area contributed by atoms with Gasteiger partial charge in [-0.1, -0.05) is 0 Å². The first-order chi connectivity index (χ1) is 11.7. The summed E-state index contributed by atoms with van der Waals surface area (Å²) < 4.78 is 65.9. The summed E-state index contributed by atoms with van der Waals surface area (Å²) in [5.41, 5.74) is -1.44. The Morgan fingerprint density at radius 2 is 1.84 bits per heavy atom. The van der Waals surface area contributed by atoms with Crippen molar-refractivity contribution in [2.24, 2.45) is 0 Å². The smallest absolute Gasteiger partial charge is 0.273 e. The summed E-state index contributed by atoms with van der Waals surface area (Å²) in [7, 11) is 0. The average molecular weight is 467 g/mol. The van der Waals surface area contributed by atoms with Crippen LogP contribution < -0.4 is 0 Å². The third-order valence-corrected chi connectivity index (χ3v) is 3.65. The van der Waals surface area contributed by atoms with Crippen LogP contribution in [0.25, 0.3) is 17.2 Å². The maximum absolute atomic E-state index is 13.1. The second-order valence-electron chi connectivity index (χ2n) is 4.81. The van der Waals surface area contributed by atoms with Gasteiger partial charge in [0, 0.05) is 18.0 Å². The molecule has 0 atom stereocenters. The number of hydrogen-bond donors (Lipinski definition) is 0. The highest BCUT2D eigenvalue weighted by Crippen LogP contribution is 2.29. The quantitative estimate of drug-likeness (QED) is 0.427. The maximum atomic E-state index is 13.1. The third kappa shape index (κ3) is 3.91. The van der Waals surface area contributed by atoms with E-state index >= 15 is 0 Å². The first-order valence-electron chi connectivity index (χ1n) is 6.64. The molecule has 3 rings (SSSR count). The normalized spacial score (nSPS) is 12.0. The molecule has 0 aromatic carbocycles. The number of halogens is 6. The number of rotatable bonds is 3. The highest BCUT2D eigenvalue weighted by molar-refractivity contribution is 14.1. The van der Waals surface area contributed by atoms with Gasteiger partial charge in [-0.2, -0.15) is 13.2 Å². The van der Waals surface area contributed by atoms with Crippen LogP contribution in [0.4, 0.5) is 22.0 Å². The number of nitrogens with zero attached hydrogens (tertiary/aromatic N) is 5. The Balaban J connectivity index is 2.07. The summed E-state index contributed by atoms with van der Waals surface area (Å²) in [6.07, 6.45) is -3.65. The predicted octanol–water partition coefficient (Wildman–Crippen LogP) is 4.29. The van der Waals surface area contributed by atoms with Crippen LogP contribution in [0, 0.1) is 3.70 Å². The van der Waals surface area contributed by atoms with Crippen LogP contribution in [0.15, 0.2) is 36.9 Å². The zero-order chi connectivity index (χ0) is 18.2. The van der Waals surface area contributed by atoms with Crippen LogP contribution in [-0.2, 0) is 6.18 Å². The highest BCUT2D eigenvalue weighted by atomic mass is 127. The van der Waals surface area contributed by atoms with Crippen LogP contribution >= 0.6 is 22.6 Å². The third-order valence-electron chi connectivity index (χ3n) is 3.09. The zero-order valence-corrected chi connectivity index (χ0v) is 14.2. The molecule has 5 nitrogen and oxygen atoms in total. The molecule has 130 valence electrons. The van der Waals surface area contributed by atoms with Gasteiger partial charge >= 0.3 is 6.18 Å². The average Bonchev–Trinajstić information content (AvgIpc) is 3.00. The van der Waals surface area contributed by atoms with Crippen LogP contribution in [-0.4, -0.2) is 24.5 Å². The summed E-state index contributed by atoms with van der Waals surface area (Å²) in [5.74, 6) is -0.0666. The van der Waals surface area contributed by atoms with Crippen molar-refractivity contribution in [1.82, 2.24) is 24.5 Å². The molecule has 0 spiro atoms. The Morgan fingerprint density at radius 3 is 2.36 bits per heavy atom. The number of hydrogen-bond acceptors (Lipinski definition) is 4. The molecule has 0 bridgehead atoms. The summed E-state index contributed by atoms with van der Waals surface area (Å²) in [6.45, 7) is 0. The molecule has 0 radical (unpaired) electrons. The molecule has 3 aromatic rings. The summed E-state index contributed by atoms with van der Waals surface area (Å²) in [6, 6.07) is 2.90. The lowest BCUT2D eigenvalue weighted by Crippen LogP contribution is -2.08. The van der Waals surface area contributed by atoms with E-state index in [0.717, 1.165) is 24.4 Å². The van der Waals surface area contributed by atoms with Crippen molar-refractivity contribution >= 4 is 22.6 Å². The first-order valence-corrected chi connectivity index (χ1v) is 7.72.